The van der Waals surface area contributed by atoms with Gasteiger partial charge >= 0.3 is 18.2 Å². The predicted molar refractivity (Wildman–Crippen MR) is 172 cm³/mol. The second-order valence-electron chi connectivity index (χ2n) is 12.8. The van der Waals surface area contributed by atoms with E-state index in [1.807, 2.05) is 24.3 Å². The van der Waals surface area contributed by atoms with Crippen LogP contribution >= 0.6 is 0 Å². The van der Waals surface area contributed by atoms with E-state index in [2.05, 4.69) is 40.1 Å². The quantitative estimate of drug-likeness (QED) is 0.0871. The van der Waals surface area contributed by atoms with Gasteiger partial charge in [0.1, 0.15) is 17.0 Å². The van der Waals surface area contributed by atoms with E-state index < -0.39 is 41.4 Å². The van der Waals surface area contributed by atoms with Crippen molar-refractivity contribution in [3.05, 3.63) is 42.0 Å². The molecule has 0 fully saturated rings. The Kier molecular flexibility index (Phi) is 16.1. The van der Waals surface area contributed by atoms with Crippen molar-refractivity contribution in [1.29, 1.82) is 0 Å². The minimum absolute atomic E-state index is 0.120. The summed E-state index contributed by atoms with van der Waals surface area (Å²) in [5.41, 5.74) is -0.630. The third-order valence-electron chi connectivity index (χ3n) is 5.59. The van der Waals surface area contributed by atoms with Gasteiger partial charge in [-0.25, -0.2) is 14.4 Å². The standard InChI is InChI=1S/C32H51N5O8/c1-21(2)20-43-24-15-12-22(13-16-24)19-25(33-9)27(40)35-23(14-17-26(38)39)11-10-18-34-28(36-29(41)44-31(3,4)5)37-30(42)45-32(6,7)8/h12-17,21,23,25,33H,10-11,18-20H2,1-9H3,(H,35,40)(H,38,39)(H2,34,36,37,41,42)/b17-14+/t23-,25-/m0/s1. The molecule has 0 aliphatic rings. The number of likely N-dealkylation sites (N-methyl/N-ethyl adjacent to an activating group) is 1. The first-order valence-electron chi connectivity index (χ1n) is 15.0. The summed E-state index contributed by atoms with van der Waals surface area (Å²) in [4.78, 5) is 53.3. The Morgan fingerprint density at radius 3 is 1.96 bits per heavy atom. The van der Waals surface area contributed by atoms with Crippen LogP contribution in [0.4, 0.5) is 9.59 Å². The van der Waals surface area contributed by atoms with Gasteiger partial charge in [-0.05, 0) is 91.5 Å². The van der Waals surface area contributed by atoms with Crippen molar-refractivity contribution < 1.29 is 38.5 Å². The number of amides is 3. The first-order chi connectivity index (χ1) is 20.9. The average Bonchev–Trinajstić information content (AvgIpc) is 2.89. The molecule has 5 N–H and O–H groups in total. The molecular formula is C32H51N5O8. The highest BCUT2D eigenvalue weighted by Gasteiger charge is 2.22. The Labute approximate surface area is 266 Å². The molecule has 13 heteroatoms. The zero-order chi connectivity index (χ0) is 34.2. The summed E-state index contributed by atoms with van der Waals surface area (Å²) in [6.45, 7) is 15.1. The molecule has 0 aromatic heterocycles. The Hall–Kier alpha value is -4.13. The molecule has 252 valence electrons. The van der Waals surface area contributed by atoms with Gasteiger partial charge in [0, 0.05) is 18.7 Å². The van der Waals surface area contributed by atoms with E-state index in [0.29, 0.717) is 31.8 Å². The molecule has 0 heterocycles. The summed E-state index contributed by atoms with van der Waals surface area (Å²) < 4.78 is 16.2. The lowest BCUT2D eigenvalue weighted by Crippen LogP contribution is -2.47. The van der Waals surface area contributed by atoms with Crippen LogP contribution in [0.1, 0.15) is 73.8 Å². The van der Waals surface area contributed by atoms with Gasteiger partial charge in [0.25, 0.3) is 0 Å². The lowest BCUT2D eigenvalue weighted by atomic mass is 10.0. The highest BCUT2D eigenvalue weighted by atomic mass is 16.6. The highest BCUT2D eigenvalue weighted by Crippen LogP contribution is 2.15. The van der Waals surface area contributed by atoms with Crippen LogP contribution in [0.5, 0.6) is 5.75 Å². The molecule has 3 amide bonds. The van der Waals surface area contributed by atoms with Crippen LogP contribution < -0.4 is 26.0 Å². The number of carboxylic acids is 1. The van der Waals surface area contributed by atoms with Gasteiger partial charge in [-0.3, -0.25) is 20.4 Å². The van der Waals surface area contributed by atoms with E-state index in [0.717, 1.165) is 17.4 Å². The second kappa shape index (κ2) is 18.6. The van der Waals surface area contributed by atoms with Gasteiger partial charge in [0.15, 0.2) is 0 Å². The lowest BCUT2D eigenvalue weighted by molar-refractivity contribution is -0.131. The number of aliphatic imine (C=N–C) groups is 1. The maximum Gasteiger partial charge on any atom is 0.414 e. The monoisotopic (exact) mass is 633 g/mol. The number of benzene rings is 1. The van der Waals surface area contributed by atoms with Crippen molar-refractivity contribution in [3.8, 4) is 5.75 Å². The van der Waals surface area contributed by atoms with E-state index in [4.69, 9.17) is 19.3 Å². The number of alkyl carbamates (subject to hydrolysis) is 2. The largest absolute Gasteiger partial charge is 0.493 e. The number of carbonyl (C=O) groups excluding carboxylic acids is 3. The molecule has 0 radical (unpaired) electrons. The van der Waals surface area contributed by atoms with Crippen LogP contribution in [-0.2, 0) is 25.5 Å². The fourth-order valence-corrected chi connectivity index (χ4v) is 3.66. The van der Waals surface area contributed by atoms with Crippen LogP contribution in [0.15, 0.2) is 41.4 Å². The number of guanidine groups is 1. The van der Waals surface area contributed by atoms with E-state index in [1.165, 1.54) is 6.08 Å². The number of hydrogen-bond acceptors (Lipinski definition) is 9. The van der Waals surface area contributed by atoms with Crippen molar-refractivity contribution in [1.82, 2.24) is 21.3 Å². The van der Waals surface area contributed by atoms with Gasteiger partial charge in [-0.1, -0.05) is 32.1 Å². The van der Waals surface area contributed by atoms with Crippen LogP contribution in [0.2, 0.25) is 0 Å². The molecule has 0 saturated carbocycles. The normalized spacial score (nSPS) is 13.0. The number of rotatable bonds is 14. The third kappa shape index (κ3) is 19.0. The summed E-state index contributed by atoms with van der Waals surface area (Å²) in [6.07, 6.45) is 1.83. The molecule has 0 bridgehead atoms. The third-order valence-corrected chi connectivity index (χ3v) is 5.59. The number of nitrogens with zero attached hydrogens (tertiary/aromatic N) is 1. The van der Waals surface area contributed by atoms with Crippen molar-refractivity contribution in [2.24, 2.45) is 10.9 Å². The molecule has 2 atom stereocenters. The summed E-state index contributed by atoms with van der Waals surface area (Å²) in [5, 5.41) is 19.9. The average molecular weight is 634 g/mol. The molecule has 45 heavy (non-hydrogen) atoms. The molecule has 13 nitrogen and oxygen atoms in total. The molecule has 0 aliphatic carbocycles. The number of carboxylic acid groups (broad SMARTS) is 1. The van der Waals surface area contributed by atoms with Gasteiger partial charge in [-0.2, -0.15) is 0 Å². The Balaban J connectivity index is 2.91. The number of nitrogens with one attached hydrogen (secondary N) is 4. The van der Waals surface area contributed by atoms with Crippen LogP contribution in [0, 0.1) is 5.92 Å². The number of hydrogen-bond donors (Lipinski definition) is 5. The van der Waals surface area contributed by atoms with E-state index in [-0.39, 0.29) is 18.4 Å². The summed E-state index contributed by atoms with van der Waals surface area (Å²) in [7, 11) is 1.68. The van der Waals surface area contributed by atoms with Gasteiger partial charge in [-0.15, -0.1) is 0 Å². The number of aliphatic carboxylic acids is 1. The Bertz CT molecular complexity index is 1140. The van der Waals surface area contributed by atoms with Crippen LogP contribution in [0.25, 0.3) is 0 Å². The lowest BCUT2D eigenvalue weighted by Gasteiger charge is -2.22. The number of ether oxygens (including phenoxy) is 3. The summed E-state index contributed by atoms with van der Waals surface area (Å²) in [5.74, 6) is -0.467. The maximum absolute atomic E-state index is 13.2. The van der Waals surface area contributed by atoms with Crippen LogP contribution in [0.3, 0.4) is 0 Å². The van der Waals surface area contributed by atoms with Crippen LogP contribution in [-0.4, -0.2) is 78.6 Å². The van der Waals surface area contributed by atoms with E-state index in [1.54, 1.807) is 48.6 Å². The maximum atomic E-state index is 13.2. The first kappa shape index (κ1) is 38.9. The van der Waals surface area contributed by atoms with E-state index in [9.17, 15) is 19.2 Å². The SMILES string of the molecule is CN[C@@H](Cc1ccc(OCC(C)C)cc1)C(=O)N[C@H](/C=C/C(=O)O)CCCN=C(NC(=O)OC(C)(C)C)NC(=O)OC(C)(C)C. The second-order valence-corrected chi connectivity index (χ2v) is 12.8. The molecule has 0 unspecified atom stereocenters. The molecule has 0 spiro atoms. The van der Waals surface area contributed by atoms with Crippen molar-refractivity contribution in [3.63, 3.8) is 0 Å². The van der Waals surface area contributed by atoms with Gasteiger partial charge in [0.05, 0.1) is 12.6 Å². The topological polar surface area (TPSA) is 177 Å². The fourth-order valence-electron chi connectivity index (χ4n) is 3.66. The first-order valence-corrected chi connectivity index (χ1v) is 15.0. The summed E-state index contributed by atoms with van der Waals surface area (Å²) in [6, 6.07) is 6.35. The minimum atomic E-state index is -1.15. The van der Waals surface area contributed by atoms with Gasteiger partial charge < -0.3 is 30.0 Å². The van der Waals surface area contributed by atoms with Crippen molar-refractivity contribution in [2.45, 2.75) is 97.9 Å². The smallest absolute Gasteiger partial charge is 0.414 e. The molecule has 0 saturated heterocycles. The molecule has 1 aromatic rings. The Morgan fingerprint density at radius 1 is 0.933 bits per heavy atom. The highest BCUT2D eigenvalue weighted by molar-refractivity contribution is 6.01. The van der Waals surface area contributed by atoms with Crippen molar-refractivity contribution >= 4 is 30.0 Å². The molecule has 1 rings (SSSR count). The molecule has 1 aromatic carbocycles. The minimum Gasteiger partial charge on any atom is -0.493 e. The van der Waals surface area contributed by atoms with Crippen molar-refractivity contribution in [2.75, 3.05) is 20.2 Å². The summed E-state index contributed by atoms with van der Waals surface area (Å²) >= 11 is 0. The Morgan fingerprint density at radius 2 is 1.49 bits per heavy atom. The zero-order valence-corrected chi connectivity index (χ0v) is 28.0. The molecule has 0 aliphatic heterocycles. The van der Waals surface area contributed by atoms with E-state index >= 15 is 0 Å². The van der Waals surface area contributed by atoms with Gasteiger partial charge in [0.2, 0.25) is 11.9 Å². The number of carbonyl (C=O) groups is 4. The molecular weight excluding hydrogens is 582 g/mol. The predicted octanol–water partition coefficient (Wildman–Crippen LogP) is 4.16. The fraction of sp³-hybridized carbons (Fsp3) is 0.594. The zero-order valence-electron chi connectivity index (χ0n) is 28.0.